The average molecular weight is 398 g/mol. The van der Waals surface area contributed by atoms with Gasteiger partial charge >= 0.3 is 0 Å². The van der Waals surface area contributed by atoms with Gasteiger partial charge in [0.1, 0.15) is 11.5 Å². The van der Waals surface area contributed by atoms with Crippen molar-refractivity contribution in [1.82, 2.24) is 0 Å². The zero-order valence-corrected chi connectivity index (χ0v) is 17.0. The molecule has 152 valence electrons. The number of phenols is 1. The molecule has 0 bridgehead atoms. The monoisotopic (exact) mass is 397 g/mol. The van der Waals surface area contributed by atoms with E-state index in [1.807, 2.05) is 12.1 Å². The molecule has 1 aliphatic heterocycles. The first-order valence-electron chi connectivity index (χ1n) is 10.8. The summed E-state index contributed by atoms with van der Waals surface area (Å²) < 4.78 is 6.25. The molecule has 0 radical (unpaired) electrons. The van der Waals surface area contributed by atoms with Crippen molar-refractivity contribution in [3.63, 3.8) is 0 Å². The summed E-state index contributed by atoms with van der Waals surface area (Å²) in [5, 5.41) is 13.5. The largest absolute Gasteiger partial charge is 0.508 e. The molecule has 3 aromatic carbocycles. The topological polar surface area (TPSA) is 41.5 Å². The van der Waals surface area contributed by atoms with Crippen molar-refractivity contribution in [3.8, 4) is 11.5 Å². The summed E-state index contributed by atoms with van der Waals surface area (Å²) in [7, 11) is 0. The van der Waals surface area contributed by atoms with Crippen molar-refractivity contribution in [3.05, 3.63) is 102 Å². The zero-order valence-electron chi connectivity index (χ0n) is 17.0. The molecule has 1 aliphatic carbocycles. The second kappa shape index (κ2) is 8.27. The predicted octanol–water partition coefficient (Wildman–Crippen LogP) is 6.23. The van der Waals surface area contributed by atoms with Gasteiger partial charge in [-0.25, -0.2) is 0 Å². The number of rotatable bonds is 6. The molecule has 3 unspecified atom stereocenters. The zero-order chi connectivity index (χ0) is 20.3. The molecule has 1 heterocycles. The minimum atomic E-state index is 0.201. The number of allylic oxidation sites excluding steroid dienone is 2. The van der Waals surface area contributed by atoms with Crippen molar-refractivity contribution in [2.24, 2.45) is 5.92 Å². The third kappa shape index (κ3) is 3.68. The van der Waals surface area contributed by atoms with Crippen LogP contribution in [0.25, 0.3) is 0 Å². The molecule has 0 saturated heterocycles. The number of phenolic OH excluding ortho intramolecular Hbond substituents is 1. The highest BCUT2D eigenvalue weighted by Crippen LogP contribution is 2.52. The highest BCUT2D eigenvalue weighted by molar-refractivity contribution is 5.67. The van der Waals surface area contributed by atoms with E-state index in [0.717, 1.165) is 30.7 Å². The van der Waals surface area contributed by atoms with Crippen LogP contribution >= 0.6 is 0 Å². The standard InChI is InChI=1S/C27H27NO2/c29-21-16-14-20(15-17-21)26-23-11-4-10-22(23)24-12-5-13-25(27(24)28-26)30-18-6-9-19-7-2-1-3-8-19/h1-5,7-8,10,12-17,22-23,26,28-29H,6,9,11,18H2. The Kier molecular flexibility index (Phi) is 5.18. The molecule has 2 N–H and O–H groups in total. The van der Waals surface area contributed by atoms with Crippen LogP contribution < -0.4 is 10.1 Å². The lowest BCUT2D eigenvalue weighted by Crippen LogP contribution is -2.29. The fraction of sp³-hybridized carbons (Fsp3) is 0.259. The fourth-order valence-electron chi connectivity index (χ4n) is 4.83. The Morgan fingerprint density at radius 2 is 1.77 bits per heavy atom. The van der Waals surface area contributed by atoms with Crippen LogP contribution in [0.1, 0.15) is 41.5 Å². The Morgan fingerprint density at radius 1 is 0.933 bits per heavy atom. The molecule has 5 rings (SSSR count). The van der Waals surface area contributed by atoms with Crippen LogP contribution in [0, 0.1) is 5.92 Å². The van der Waals surface area contributed by atoms with E-state index in [0.29, 0.717) is 24.2 Å². The van der Waals surface area contributed by atoms with Gasteiger partial charge in [-0.1, -0.05) is 66.7 Å². The second-order valence-corrected chi connectivity index (χ2v) is 8.23. The molecule has 0 aromatic heterocycles. The molecule has 0 saturated carbocycles. The van der Waals surface area contributed by atoms with Gasteiger partial charge in [0.15, 0.2) is 0 Å². The Labute approximate surface area is 178 Å². The molecule has 3 heteroatoms. The molecular weight excluding hydrogens is 370 g/mol. The number of anilines is 1. The maximum Gasteiger partial charge on any atom is 0.142 e. The Balaban J connectivity index is 1.35. The summed E-state index contributed by atoms with van der Waals surface area (Å²) in [5.41, 5.74) is 4.99. The second-order valence-electron chi connectivity index (χ2n) is 8.23. The summed E-state index contributed by atoms with van der Waals surface area (Å²) in [6.45, 7) is 0.695. The van der Waals surface area contributed by atoms with Crippen molar-refractivity contribution < 1.29 is 9.84 Å². The molecule has 0 amide bonds. The summed E-state index contributed by atoms with van der Waals surface area (Å²) in [6, 6.07) is 24.8. The van der Waals surface area contributed by atoms with Gasteiger partial charge in [-0.15, -0.1) is 0 Å². The Bertz CT molecular complexity index is 1030. The number of hydrogen-bond donors (Lipinski definition) is 2. The first-order chi connectivity index (χ1) is 14.8. The third-order valence-electron chi connectivity index (χ3n) is 6.32. The van der Waals surface area contributed by atoms with Crippen LogP contribution in [0.15, 0.2) is 84.9 Å². The molecule has 3 aromatic rings. The molecule has 0 fully saturated rings. The number of benzene rings is 3. The third-order valence-corrected chi connectivity index (χ3v) is 6.32. The van der Waals surface area contributed by atoms with Crippen LogP contribution in [0.4, 0.5) is 5.69 Å². The minimum absolute atomic E-state index is 0.201. The van der Waals surface area contributed by atoms with E-state index in [9.17, 15) is 5.11 Å². The smallest absolute Gasteiger partial charge is 0.142 e. The molecule has 3 atom stereocenters. The predicted molar refractivity (Wildman–Crippen MR) is 121 cm³/mol. The summed E-state index contributed by atoms with van der Waals surface area (Å²) >= 11 is 0. The van der Waals surface area contributed by atoms with Crippen LogP contribution in [0.5, 0.6) is 11.5 Å². The fourth-order valence-corrected chi connectivity index (χ4v) is 4.83. The van der Waals surface area contributed by atoms with E-state index in [2.05, 4.69) is 66.0 Å². The minimum Gasteiger partial charge on any atom is -0.508 e. The van der Waals surface area contributed by atoms with Crippen LogP contribution in [-0.4, -0.2) is 11.7 Å². The maximum absolute atomic E-state index is 9.69. The molecule has 3 nitrogen and oxygen atoms in total. The van der Waals surface area contributed by atoms with Gasteiger partial charge in [0.25, 0.3) is 0 Å². The van der Waals surface area contributed by atoms with Gasteiger partial charge in [-0.2, -0.15) is 0 Å². The molecule has 30 heavy (non-hydrogen) atoms. The quantitative estimate of drug-likeness (QED) is 0.383. The summed E-state index contributed by atoms with van der Waals surface area (Å²) in [6.07, 6.45) is 7.71. The van der Waals surface area contributed by atoms with Crippen molar-refractivity contribution in [2.45, 2.75) is 31.2 Å². The normalized spacial score (nSPS) is 21.5. The van der Waals surface area contributed by atoms with E-state index in [1.165, 1.54) is 16.7 Å². The van der Waals surface area contributed by atoms with E-state index in [1.54, 1.807) is 12.1 Å². The van der Waals surface area contributed by atoms with E-state index in [4.69, 9.17) is 4.74 Å². The van der Waals surface area contributed by atoms with Gasteiger partial charge in [-0.05, 0) is 60.1 Å². The van der Waals surface area contributed by atoms with E-state index < -0.39 is 0 Å². The van der Waals surface area contributed by atoms with Gasteiger partial charge in [-0.3, -0.25) is 0 Å². The lowest BCUT2D eigenvalue weighted by molar-refractivity contribution is 0.309. The van der Waals surface area contributed by atoms with Gasteiger partial charge in [0.05, 0.1) is 18.3 Å². The number of ether oxygens (including phenoxy) is 1. The number of aryl methyl sites for hydroxylation is 1. The summed E-state index contributed by atoms with van der Waals surface area (Å²) in [4.78, 5) is 0. The lowest BCUT2D eigenvalue weighted by atomic mass is 9.77. The number of aromatic hydroxyl groups is 1. The van der Waals surface area contributed by atoms with Crippen LogP contribution in [0.2, 0.25) is 0 Å². The Morgan fingerprint density at radius 3 is 2.60 bits per heavy atom. The van der Waals surface area contributed by atoms with Crippen molar-refractivity contribution >= 4 is 5.69 Å². The number of para-hydroxylation sites is 1. The van der Waals surface area contributed by atoms with Crippen LogP contribution in [0.3, 0.4) is 0 Å². The molecule has 2 aliphatic rings. The first kappa shape index (κ1) is 18.8. The highest BCUT2D eigenvalue weighted by Gasteiger charge is 2.38. The van der Waals surface area contributed by atoms with Crippen molar-refractivity contribution in [1.29, 1.82) is 0 Å². The number of hydrogen-bond acceptors (Lipinski definition) is 3. The van der Waals surface area contributed by atoms with Gasteiger partial charge in [0, 0.05) is 5.92 Å². The SMILES string of the molecule is Oc1ccc(C2Nc3c(OCCCc4ccccc4)cccc3C3C=CCC32)cc1. The number of nitrogens with one attached hydrogen (secondary N) is 1. The highest BCUT2D eigenvalue weighted by atomic mass is 16.5. The lowest BCUT2D eigenvalue weighted by Gasteiger charge is -2.38. The van der Waals surface area contributed by atoms with E-state index in [-0.39, 0.29) is 6.04 Å². The Hall–Kier alpha value is -3.20. The van der Waals surface area contributed by atoms with Gasteiger partial charge < -0.3 is 15.2 Å². The van der Waals surface area contributed by atoms with Crippen molar-refractivity contribution in [2.75, 3.05) is 11.9 Å². The van der Waals surface area contributed by atoms with E-state index >= 15 is 0 Å². The van der Waals surface area contributed by atoms with Crippen LogP contribution in [-0.2, 0) is 6.42 Å². The molecular formula is C27H27NO2. The maximum atomic E-state index is 9.69. The average Bonchev–Trinajstić information content (AvgIpc) is 3.28. The van der Waals surface area contributed by atoms with Gasteiger partial charge in [0.2, 0.25) is 0 Å². The molecule has 0 spiro atoms. The summed E-state index contributed by atoms with van der Waals surface area (Å²) in [5.74, 6) is 2.12. The first-order valence-corrected chi connectivity index (χ1v) is 10.8. The number of fused-ring (bicyclic) bond motifs is 3.